The Morgan fingerprint density at radius 2 is 1.88 bits per heavy atom. The lowest BCUT2D eigenvalue weighted by Gasteiger charge is -2.08. The first-order valence-corrected chi connectivity index (χ1v) is 8.97. The van der Waals surface area contributed by atoms with E-state index >= 15 is 0 Å². The Hall–Kier alpha value is -2.73. The first kappa shape index (κ1) is 18.1. The van der Waals surface area contributed by atoms with Crippen LogP contribution in [0.25, 0.3) is 0 Å². The van der Waals surface area contributed by atoms with Crippen LogP contribution in [-0.2, 0) is 6.61 Å². The summed E-state index contributed by atoms with van der Waals surface area (Å²) in [6.07, 6.45) is 0. The molecular formula is C20H19FN2O2S. The summed E-state index contributed by atoms with van der Waals surface area (Å²) in [4.78, 5) is 17.4. The van der Waals surface area contributed by atoms with Crippen molar-refractivity contribution in [2.24, 2.45) is 0 Å². The Morgan fingerprint density at radius 3 is 2.62 bits per heavy atom. The second-order valence-electron chi connectivity index (χ2n) is 6.04. The van der Waals surface area contributed by atoms with Crippen LogP contribution in [0.5, 0.6) is 5.75 Å². The van der Waals surface area contributed by atoms with Gasteiger partial charge >= 0.3 is 0 Å². The highest BCUT2D eigenvalue weighted by molar-refractivity contribution is 7.13. The van der Waals surface area contributed by atoms with Crippen molar-refractivity contribution in [2.45, 2.75) is 27.4 Å². The number of hydrogen-bond acceptors (Lipinski definition) is 4. The number of thiazole rings is 1. The maximum atomic E-state index is 13.0. The first-order valence-electron chi connectivity index (χ1n) is 8.15. The molecule has 0 aliphatic rings. The van der Waals surface area contributed by atoms with Gasteiger partial charge in [-0.1, -0.05) is 12.1 Å². The number of hydrogen-bond donors (Lipinski definition) is 1. The zero-order chi connectivity index (χ0) is 18.7. The fraction of sp³-hybridized carbons (Fsp3) is 0.200. The van der Waals surface area contributed by atoms with Crippen molar-refractivity contribution in [1.29, 1.82) is 0 Å². The molecule has 1 heterocycles. The number of rotatable bonds is 5. The number of benzene rings is 2. The Labute approximate surface area is 155 Å². The number of carbonyl (C=O) groups excluding carboxylic acids is 1. The molecule has 1 aromatic heterocycles. The molecule has 0 unspecified atom stereocenters. The quantitative estimate of drug-likeness (QED) is 0.685. The van der Waals surface area contributed by atoms with E-state index in [9.17, 15) is 9.18 Å². The summed E-state index contributed by atoms with van der Waals surface area (Å²) in [6.45, 7) is 6.10. The summed E-state index contributed by atoms with van der Waals surface area (Å²) in [5, 5.41) is 3.48. The van der Waals surface area contributed by atoms with E-state index < -0.39 is 0 Å². The fourth-order valence-electron chi connectivity index (χ4n) is 2.45. The van der Waals surface area contributed by atoms with Gasteiger partial charge in [0.1, 0.15) is 28.1 Å². The predicted octanol–water partition coefficient (Wildman–Crippen LogP) is 5.04. The minimum Gasteiger partial charge on any atom is -0.486 e. The van der Waals surface area contributed by atoms with Gasteiger partial charge in [-0.25, -0.2) is 9.37 Å². The number of nitrogens with one attached hydrogen (secondary N) is 1. The summed E-state index contributed by atoms with van der Waals surface area (Å²) in [6, 6.07) is 11.7. The SMILES string of the molecule is Cc1ccc(C)c(OCc2nc(C)c(C(=O)Nc3ccc(F)cc3)s2)c1. The van der Waals surface area contributed by atoms with Gasteiger partial charge in [0.2, 0.25) is 0 Å². The molecule has 0 bridgehead atoms. The zero-order valence-electron chi connectivity index (χ0n) is 14.8. The zero-order valence-corrected chi connectivity index (χ0v) is 15.6. The van der Waals surface area contributed by atoms with Crippen molar-refractivity contribution in [2.75, 3.05) is 5.32 Å². The molecule has 2 aromatic carbocycles. The van der Waals surface area contributed by atoms with E-state index in [1.54, 1.807) is 6.92 Å². The highest BCUT2D eigenvalue weighted by atomic mass is 32.1. The van der Waals surface area contributed by atoms with E-state index in [4.69, 9.17) is 4.74 Å². The minimum atomic E-state index is -0.345. The van der Waals surface area contributed by atoms with E-state index in [0.717, 1.165) is 21.9 Å². The molecule has 0 saturated carbocycles. The van der Waals surface area contributed by atoms with Crippen LogP contribution < -0.4 is 10.1 Å². The van der Waals surface area contributed by atoms with Crippen LogP contribution in [0.2, 0.25) is 0 Å². The van der Waals surface area contributed by atoms with Gasteiger partial charge in [-0.05, 0) is 62.2 Å². The second kappa shape index (κ2) is 7.66. The molecule has 0 saturated heterocycles. The summed E-state index contributed by atoms with van der Waals surface area (Å²) in [5.41, 5.74) is 3.37. The largest absolute Gasteiger partial charge is 0.486 e. The normalized spacial score (nSPS) is 10.6. The number of ether oxygens (including phenoxy) is 1. The number of halogens is 1. The van der Waals surface area contributed by atoms with Gasteiger partial charge in [0.05, 0.1) is 5.69 Å². The van der Waals surface area contributed by atoms with E-state index in [1.807, 2.05) is 32.0 Å². The van der Waals surface area contributed by atoms with Crippen molar-refractivity contribution < 1.29 is 13.9 Å². The van der Waals surface area contributed by atoms with Crippen molar-refractivity contribution in [1.82, 2.24) is 4.98 Å². The third-order valence-electron chi connectivity index (χ3n) is 3.84. The number of carbonyl (C=O) groups is 1. The lowest BCUT2D eigenvalue weighted by Crippen LogP contribution is -2.11. The van der Waals surface area contributed by atoms with E-state index in [2.05, 4.69) is 10.3 Å². The number of nitrogens with zero attached hydrogens (tertiary/aromatic N) is 1. The van der Waals surface area contributed by atoms with Gasteiger partial charge in [-0.2, -0.15) is 0 Å². The molecule has 4 nitrogen and oxygen atoms in total. The van der Waals surface area contributed by atoms with Gasteiger partial charge in [0.25, 0.3) is 5.91 Å². The van der Waals surface area contributed by atoms with Crippen molar-refractivity contribution in [3.63, 3.8) is 0 Å². The topological polar surface area (TPSA) is 51.2 Å². The fourth-order valence-corrected chi connectivity index (χ4v) is 3.32. The van der Waals surface area contributed by atoms with Crippen LogP contribution in [0.1, 0.15) is 31.5 Å². The molecule has 134 valence electrons. The van der Waals surface area contributed by atoms with Crippen LogP contribution >= 0.6 is 11.3 Å². The molecule has 0 atom stereocenters. The third kappa shape index (κ3) is 4.26. The third-order valence-corrected chi connectivity index (χ3v) is 4.97. The molecule has 6 heteroatoms. The van der Waals surface area contributed by atoms with Gasteiger partial charge < -0.3 is 10.1 Å². The standard InChI is InChI=1S/C20H19FN2O2S/c1-12-4-5-13(2)17(10-12)25-11-18-22-14(3)19(26-18)20(24)23-16-8-6-15(21)7-9-16/h4-10H,11H2,1-3H3,(H,23,24). The smallest absolute Gasteiger partial charge is 0.267 e. The molecule has 1 N–H and O–H groups in total. The first-order chi connectivity index (χ1) is 12.4. The summed E-state index contributed by atoms with van der Waals surface area (Å²) in [5.74, 6) is 0.211. The van der Waals surface area contributed by atoms with E-state index in [0.29, 0.717) is 22.9 Å². The van der Waals surface area contributed by atoms with Crippen LogP contribution in [-0.4, -0.2) is 10.9 Å². The monoisotopic (exact) mass is 370 g/mol. The highest BCUT2D eigenvalue weighted by Crippen LogP contribution is 2.24. The summed E-state index contributed by atoms with van der Waals surface area (Å²) < 4.78 is 18.8. The molecule has 0 radical (unpaired) electrons. The molecule has 0 spiro atoms. The molecule has 0 fully saturated rings. The summed E-state index contributed by atoms with van der Waals surface area (Å²) >= 11 is 1.30. The van der Waals surface area contributed by atoms with Crippen LogP contribution in [0.15, 0.2) is 42.5 Å². The molecule has 3 aromatic rings. The average molecular weight is 370 g/mol. The minimum absolute atomic E-state index is 0.260. The molecular weight excluding hydrogens is 351 g/mol. The molecule has 26 heavy (non-hydrogen) atoms. The Balaban J connectivity index is 1.69. The lowest BCUT2D eigenvalue weighted by atomic mass is 10.1. The maximum absolute atomic E-state index is 13.0. The molecule has 3 rings (SSSR count). The van der Waals surface area contributed by atoms with Gasteiger partial charge in [-0.15, -0.1) is 11.3 Å². The van der Waals surface area contributed by atoms with E-state index in [-0.39, 0.29) is 11.7 Å². The Morgan fingerprint density at radius 1 is 1.15 bits per heavy atom. The highest BCUT2D eigenvalue weighted by Gasteiger charge is 2.16. The molecule has 0 aliphatic carbocycles. The summed E-state index contributed by atoms with van der Waals surface area (Å²) in [7, 11) is 0. The Kier molecular flexibility index (Phi) is 5.32. The van der Waals surface area contributed by atoms with Crippen LogP contribution in [0.3, 0.4) is 0 Å². The average Bonchev–Trinajstić information content (AvgIpc) is 2.98. The number of amides is 1. The van der Waals surface area contributed by atoms with Crippen molar-refractivity contribution >= 4 is 22.9 Å². The van der Waals surface area contributed by atoms with E-state index in [1.165, 1.54) is 35.6 Å². The van der Waals surface area contributed by atoms with Gasteiger partial charge in [-0.3, -0.25) is 4.79 Å². The maximum Gasteiger partial charge on any atom is 0.267 e. The second-order valence-corrected chi connectivity index (χ2v) is 7.12. The van der Waals surface area contributed by atoms with Crippen LogP contribution in [0.4, 0.5) is 10.1 Å². The van der Waals surface area contributed by atoms with Crippen LogP contribution in [0, 0.1) is 26.6 Å². The number of aromatic nitrogens is 1. The van der Waals surface area contributed by atoms with Gasteiger partial charge in [0.15, 0.2) is 0 Å². The molecule has 1 amide bonds. The van der Waals surface area contributed by atoms with Crippen molar-refractivity contribution in [3.05, 3.63) is 75.0 Å². The Bertz CT molecular complexity index is 935. The predicted molar refractivity (Wildman–Crippen MR) is 101 cm³/mol. The molecule has 0 aliphatic heterocycles. The van der Waals surface area contributed by atoms with Gasteiger partial charge in [0, 0.05) is 5.69 Å². The lowest BCUT2D eigenvalue weighted by molar-refractivity contribution is 0.103. The number of aryl methyl sites for hydroxylation is 3. The number of anilines is 1. The van der Waals surface area contributed by atoms with Crippen molar-refractivity contribution in [3.8, 4) is 5.75 Å².